The Morgan fingerprint density at radius 3 is 2.70 bits per heavy atom. The average Bonchev–Trinajstić information content (AvgIpc) is 2.90. The molecule has 0 aliphatic heterocycles. The molecule has 0 spiro atoms. The van der Waals surface area contributed by atoms with E-state index < -0.39 is 11.2 Å². The van der Waals surface area contributed by atoms with Gasteiger partial charge < -0.3 is 4.57 Å². The van der Waals surface area contributed by atoms with E-state index in [1.807, 2.05) is 13.8 Å². The van der Waals surface area contributed by atoms with E-state index in [9.17, 15) is 9.59 Å². The van der Waals surface area contributed by atoms with Crippen molar-refractivity contribution in [1.29, 1.82) is 0 Å². The maximum Gasteiger partial charge on any atom is 0.329 e. The second kappa shape index (κ2) is 7.26. The molecule has 2 heterocycles. The lowest BCUT2D eigenvalue weighted by Crippen LogP contribution is -2.29. The fourth-order valence-corrected chi connectivity index (χ4v) is 2.28. The first kappa shape index (κ1) is 17.0. The minimum absolute atomic E-state index is 0.363. The number of aromatic nitrogens is 4. The van der Waals surface area contributed by atoms with Crippen molar-refractivity contribution in [2.75, 3.05) is 5.43 Å². The van der Waals surface area contributed by atoms with Gasteiger partial charge in [0.15, 0.2) is 11.2 Å². The molecule has 2 aromatic rings. The van der Waals surface area contributed by atoms with Gasteiger partial charge >= 0.3 is 5.69 Å². The molecule has 8 heteroatoms. The molecule has 2 aromatic heterocycles. The van der Waals surface area contributed by atoms with Crippen LogP contribution >= 0.6 is 0 Å². The van der Waals surface area contributed by atoms with Gasteiger partial charge in [0.05, 0.1) is 0 Å². The summed E-state index contributed by atoms with van der Waals surface area (Å²) < 4.78 is 3.14. The Morgan fingerprint density at radius 1 is 1.30 bits per heavy atom. The van der Waals surface area contributed by atoms with Crippen molar-refractivity contribution in [3.05, 3.63) is 20.8 Å². The Kier molecular flexibility index (Phi) is 5.36. The van der Waals surface area contributed by atoms with Crippen LogP contribution in [0.4, 0.5) is 5.95 Å². The molecule has 0 saturated heterocycles. The van der Waals surface area contributed by atoms with Crippen LogP contribution in [0.5, 0.6) is 0 Å². The van der Waals surface area contributed by atoms with E-state index in [4.69, 9.17) is 0 Å². The Labute approximate surface area is 134 Å². The van der Waals surface area contributed by atoms with Crippen LogP contribution < -0.4 is 16.7 Å². The summed E-state index contributed by atoms with van der Waals surface area (Å²) in [6, 6.07) is 0. The molecule has 0 fully saturated rings. The van der Waals surface area contributed by atoms with Crippen LogP contribution in [0.3, 0.4) is 0 Å². The summed E-state index contributed by atoms with van der Waals surface area (Å²) in [5.41, 5.74) is 3.73. The third-order valence-electron chi connectivity index (χ3n) is 3.85. The summed E-state index contributed by atoms with van der Waals surface area (Å²) in [6.45, 7) is 6.70. The molecule has 2 N–H and O–H groups in total. The molecule has 0 atom stereocenters. The lowest BCUT2D eigenvalue weighted by Gasteiger charge is -2.08. The molecule has 23 heavy (non-hydrogen) atoms. The summed E-state index contributed by atoms with van der Waals surface area (Å²) in [4.78, 5) is 30.7. The molecule has 0 radical (unpaired) electrons. The predicted molar refractivity (Wildman–Crippen MR) is 92.1 cm³/mol. The smallest absolute Gasteiger partial charge is 0.303 e. The first-order chi connectivity index (χ1) is 11.0. The van der Waals surface area contributed by atoms with Crippen LogP contribution in [-0.4, -0.2) is 24.8 Å². The molecule has 0 unspecified atom stereocenters. The van der Waals surface area contributed by atoms with Crippen molar-refractivity contribution in [3.63, 3.8) is 0 Å². The van der Waals surface area contributed by atoms with Gasteiger partial charge in [-0.25, -0.2) is 10.2 Å². The number of hydrogen-bond donors (Lipinski definition) is 2. The number of hydrazone groups is 1. The van der Waals surface area contributed by atoms with Gasteiger partial charge in [-0.3, -0.25) is 14.3 Å². The van der Waals surface area contributed by atoms with E-state index in [0.29, 0.717) is 23.7 Å². The monoisotopic (exact) mass is 320 g/mol. The number of H-pyrrole nitrogens is 1. The summed E-state index contributed by atoms with van der Waals surface area (Å²) >= 11 is 0. The zero-order valence-corrected chi connectivity index (χ0v) is 14.1. The van der Waals surface area contributed by atoms with Gasteiger partial charge in [-0.2, -0.15) is 10.1 Å². The first-order valence-electron chi connectivity index (χ1n) is 7.98. The van der Waals surface area contributed by atoms with E-state index in [1.165, 1.54) is 4.57 Å². The van der Waals surface area contributed by atoms with Gasteiger partial charge in [0, 0.05) is 19.3 Å². The van der Waals surface area contributed by atoms with E-state index in [2.05, 4.69) is 27.4 Å². The number of nitrogens with zero attached hydrogens (tertiary/aromatic N) is 4. The molecule has 0 bridgehead atoms. The zero-order valence-electron chi connectivity index (χ0n) is 14.1. The van der Waals surface area contributed by atoms with Crippen LogP contribution in [-0.2, 0) is 13.6 Å². The SMILES string of the molecule is CCCCCn1c(N/N=C(\C)CC)nc2c1c(=O)[nH]c(=O)n2C. The highest BCUT2D eigenvalue weighted by atomic mass is 16.2. The molecule has 2 rings (SSSR count). The van der Waals surface area contributed by atoms with E-state index >= 15 is 0 Å². The van der Waals surface area contributed by atoms with E-state index in [-0.39, 0.29) is 0 Å². The van der Waals surface area contributed by atoms with Gasteiger partial charge in [-0.1, -0.05) is 26.7 Å². The second-order valence-electron chi connectivity index (χ2n) is 5.60. The number of fused-ring (bicyclic) bond motifs is 1. The first-order valence-corrected chi connectivity index (χ1v) is 7.98. The fourth-order valence-electron chi connectivity index (χ4n) is 2.28. The Morgan fingerprint density at radius 2 is 2.04 bits per heavy atom. The predicted octanol–water partition coefficient (Wildman–Crippen LogP) is 1.81. The van der Waals surface area contributed by atoms with E-state index in [1.54, 1.807) is 11.6 Å². The molecule has 126 valence electrons. The van der Waals surface area contributed by atoms with Gasteiger partial charge in [-0.15, -0.1) is 0 Å². The lowest BCUT2D eigenvalue weighted by atomic mass is 10.2. The maximum atomic E-state index is 12.2. The third-order valence-corrected chi connectivity index (χ3v) is 3.85. The number of nitrogens with one attached hydrogen (secondary N) is 2. The van der Waals surface area contributed by atoms with Crippen molar-refractivity contribution < 1.29 is 0 Å². The van der Waals surface area contributed by atoms with Crippen LogP contribution in [0.15, 0.2) is 14.7 Å². The van der Waals surface area contributed by atoms with Gasteiger partial charge in [0.2, 0.25) is 5.95 Å². The Bertz CT molecular complexity index is 827. The zero-order chi connectivity index (χ0) is 17.0. The molecule has 0 saturated carbocycles. The standard InChI is InChI=1S/C15H24N6O2/c1-5-7-8-9-21-11-12(20(4)15(23)17-13(11)22)16-14(21)19-18-10(3)6-2/h5-9H2,1-4H3,(H,16,19)(H,17,22,23)/b18-10+. The number of aryl methyl sites for hydroxylation is 2. The quantitative estimate of drug-likeness (QED) is 0.462. The minimum atomic E-state index is -0.472. The number of hydrogen-bond acceptors (Lipinski definition) is 5. The molecule has 8 nitrogen and oxygen atoms in total. The lowest BCUT2D eigenvalue weighted by molar-refractivity contribution is 0.615. The number of aromatic amines is 1. The average molecular weight is 320 g/mol. The summed E-state index contributed by atoms with van der Waals surface area (Å²) in [5.74, 6) is 0.482. The highest BCUT2D eigenvalue weighted by Gasteiger charge is 2.16. The topological polar surface area (TPSA) is 97.1 Å². The Hall–Kier alpha value is -2.38. The second-order valence-corrected chi connectivity index (χ2v) is 5.60. The molecular formula is C15H24N6O2. The third kappa shape index (κ3) is 3.52. The van der Waals surface area contributed by atoms with Crippen molar-refractivity contribution in [2.45, 2.75) is 53.0 Å². The van der Waals surface area contributed by atoms with Gasteiger partial charge in [-0.05, 0) is 19.8 Å². The van der Waals surface area contributed by atoms with Crippen LogP contribution in [0, 0.1) is 0 Å². The largest absolute Gasteiger partial charge is 0.329 e. The van der Waals surface area contributed by atoms with Crippen molar-refractivity contribution in [1.82, 2.24) is 19.1 Å². The minimum Gasteiger partial charge on any atom is -0.303 e. The molecule has 0 aliphatic rings. The van der Waals surface area contributed by atoms with Crippen LogP contribution in [0.25, 0.3) is 11.2 Å². The highest BCUT2D eigenvalue weighted by Crippen LogP contribution is 2.16. The van der Waals surface area contributed by atoms with Crippen LogP contribution in [0.1, 0.15) is 46.5 Å². The van der Waals surface area contributed by atoms with Crippen molar-refractivity contribution in [3.8, 4) is 0 Å². The summed E-state index contributed by atoms with van der Waals surface area (Å²) in [7, 11) is 1.59. The number of rotatable bonds is 7. The highest BCUT2D eigenvalue weighted by molar-refractivity contribution is 5.82. The molecule has 0 aliphatic carbocycles. The van der Waals surface area contributed by atoms with Crippen molar-refractivity contribution >= 4 is 22.8 Å². The number of imidazole rings is 1. The normalized spacial score (nSPS) is 12.1. The number of unbranched alkanes of at least 4 members (excludes halogenated alkanes) is 2. The molecular weight excluding hydrogens is 296 g/mol. The molecule has 0 amide bonds. The number of anilines is 1. The summed E-state index contributed by atoms with van der Waals surface area (Å²) in [5, 5.41) is 4.26. The van der Waals surface area contributed by atoms with Crippen LogP contribution in [0.2, 0.25) is 0 Å². The van der Waals surface area contributed by atoms with Gasteiger partial charge in [0.25, 0.3) is 5.56 Å². The van der Waals surface area contributed by atoms with E-state index in [0.717, 1.165) is 31.4 Å². The van der Waals surface area contributed by atoms with Gasteiger partial charge in [0.1, 0.15) is 0 Å². The maximum absolute atomic E-state index is 12.2. The Balaban J connectivity index is 2.57. The molecule has 0 aromatic carbocycles. The van der Waals surface area contributed by atoms with Crippen molar-refractivity contribution in [2.24, 2.45) is 12.1 Å². The summed E-state index contributed by atoms with van der Waals surface area (Å²) in [6.07, 6.45) is 3.88. The fraction of sp³-hybridized carbons (Fsp3) is 0.600.